The molecular formula is C23H27N3O4. The second-order valence-electron chi connectivity index (χ2n) is 7.43. The van der Waals surface area contributed by atoms with E-state index in [2.05, 4.69) is 15.5 Å². The molecule has 0 aliphatic heterocycles. The van der Waals surface area contributed by atoms with Crippen LogP contribution in [-0.2, 0) is 11.2 Å². The van der Waals surface area contributed by atoms with Gasteiger partial charge in [0.1, 0.15) is 6.04 Å². The van der Waals surface area contributed by atoms with Gasteiger partial charge in [0, 0.05) is 18.4 Å². The molecule has 7 heteroatoms. The van der Waals surface area contributed by atoms with Crippen LogP contribution >= 0.6 is 0 Å². The second-order valence-corrected chi connectivity index (χ2v) is 7.43. The van der Waals surface area contributed by atoms with Crippen molar-refractivity contribution in [2.45, 2.75) is 32.7 Å². The molecule has 0 bridgehead atoms. The summed E-state index contributed by atoms with van der Waals surface area (Å²) in [6.07, 6.45) is 0.986. The van der Waals surface area contributed by atoms with Crippen LogP contribution in [0.15, 0.2) is 53.1 Å². The Kier molecular flexibility index (Phi) is 7.06. The summed E-state index contributed by atoms with van der Waals surface area (Å²) < 4.78 is 16.2. The van der Waals surface area contributed by atoms with Crippen LogP contribution < -0.4 is 14.8 Å². The molecule has 3 rings (SSSR count). The first-order chi connectivity index (χ1) is 14.5. The first-order valence-electron chi connectivity index (χ1n) is 9.89. The SMILES string of the molecule is COc1ccc(-c2noc(C(Cc3ccccc3)NC(=O)CC(C)C)n2)cc1OC. The monoisotopic (exact) mass is 409 g/mol. The van der Waals surface area contributed by atoms with Gasteiger partial charge in [-0.3, -0.25) is 4.79 Å². The summed E-state index contributed by atoms with van der Waals surface area (Å²) in [4.78, 5) is 17.0. The second kappa shape index (κ2) is 9.91. The fourth-order valence-corrected chi connectivity index (χ4v) is 3.14. The number of carbonyl (C=O) groups excluding carboxylic acids is 1. The molecule has 0 fully saturated rings. The highest BCUT2D eigenvalue weighted by molar-refractivity contribution is 5.76. The first-order valence-corrected chi connectivity index (χ1v) is 9.89. The minimum atomic E-state index is -0.417. The van der Waals surface area contributed by atoms with E-state index in [1.807, 2.05) is 50.2 Å². The minimum Gasteiger partial charge on any atom is -0.493 e. The molecule has 2 aromatic carbocycles. The molecule has 1 heterocycles. The van der Waals surface area contributed by atoms with Crippen molar-refractivity contribution < 1.29 is 18.8 Å². The van der Waals surface area contributed by atoms with Crippen molar-refractivity contribution in [3.05, 3.63) is 60.0 Å². The highest BCUT2D eigenvalue weighted by Crippen LogP contribution is 2.31. The highest BCUT2D eigenvalue weighted by Gasteiger charge is 2.23. The van der Waals surface area contributed by atoms with Crippen molar-refractivity contribution in [1.82, 2.24) is 15.5 Å². The number of methoxy groups -OCH3 is 2. The Morgan fingerprint density at radius 2 is 1.80 bits per heavy atom. The molecule has 0 aliphatic carbocycles. The molecule has 3 aromatic rings. The molecule has 158 valence electrons. The molecular weight excluding hydrogens is 382 g/mol. The van der Waals surface area contributed by atoms with Gasteiger partial charge in [-0.2, -0.15) is 4.98 Å². The number of carbonyl (C=O) groups is 1. The van der Waals surface area contributed by atoms with Gasteiger partial charge in [-0.15, -0.1) is 0 Å². The normalized spacial score (nSPS) is 11.9. The van der Waals surface area contributed by atoms with E-state index in [1.54, 1.807) is 26.4 Å². The van der Waals surface area contributed by atoms with Crippen molar-refractivity contribution in [3.8, 4) is 22.9 Å². The maximum Gasteiger partial charge on any atom is 0.249 e. The van der Waals surface area contributed by atoms with Crippen LogP contribution in [0.5, 0.6) is 11.5 Å². The predicted molar refractivity (Wildman–Crippen MR) is 113 cm³/mol. The van der Waals surface area contributed by atoms with Crippen LogP contribution in [0.1, 0.15) is 37.8 Å². The van der Waals surface area contributed by atoms with Crippen molar-refractivity contribution in [3.63, 3.8) is 0 Å². The van der Waals surface area contributed by atoms with Gasteiger partial charge in [0.15, 0.2) is 11.5 Å². The van der Waals surface area contributed by atoms with Crippen molar-refractivity contribution in [2.24, 2.45) is 5.92 Å². The fraction of sp³-hybridized carbons (Fsp3) is 0.348. The lowest BCUT2D eigenvalue weighted by atomic mass is 10.0. The van der Waals surface area contributed by atoms with Crippen LogP contribution in [-0.4, -0.2) is 30.3 Å². The fourth-order valence-electron chi connectivity index (χ4n) is 3.14. The van der Waals surface area contributed by atoms with Gasteiger partial charge in [-0.25, -0.2) is 0 Å². The lowest BCUT2D eigenvalue weighted by Gasteiger charge is -2.16. The van der Waals surface area contributed by atoms with E-state index in [4.69, 9.17) is 14.0 Å². The predicted octanol–water partition coefficient (Wildman–Crippen LogP) is 4.20. The number of amides is 1. The van der Waals surface area contributed by atoms with Crippen molar-refractivity contribution in [1.29, 1.82) is 0 Å². The molecule has 1 aromatic heterocycles. The quantitative estimate of drug-likeness (QED) is 0.570. The van der Waals surface area contributed by atoms with Crippen molar-refractivity contribution in [2.75, 3.05) is 14.2 Å². The molecule has 0 radical (unpaired) electrons. The maximum absolute atomic E-state index is 12.4. The number of nitrogens with zero attached hydrogens (tertiary/aromatic N) is 2. The van der Waals surface area contributed by atoms with E-state index >= 15 is 0 Å². The van der Waals surface area contributed by atoms with Crippen LogP contribution in [0.2, 0.25) is 0 Å². The standard InChI is InChI=1S/C23H27N3O4/c1-15(2)12-21(27)24-18(13-16-8-6-5-7-9-16)23-25-22(26-30-23)17-10-11-19(28-3)20(14-17)29-4/h5-11,14-15,18H,12-13H2,1-4H3,(H,24,27). The molecule has 1 amide bonds. The van der Waals surface area contributed by atoms with Gasteiger partial charge >= 0.3 is 0 Å². The average Bonchev–Trinajstić information content (AvgIpc) is 3.23. The van der Waals surface area contributed by atoms with Gasteiger partial charge in [0.2, 0.25) is 17.6 Å². The minimum absolute atomic E-state index is 0.0446. The summed E-state index contributed by atoms with van der Waals surface area (Å²) in [6, 6.07) is 14.9. The van der Waals surface area contributed by atoms with Crippen LogP contribution in [0.4, 0.5) is 0 Å². The summed E-state index contributed by atoms with van der Waals surface area (Å²) in [7, 11) is 3.15. The van der Waals surface area contributed by atoms with E-state index in [0.29, 0.717) is 36.1 Å². The van der Waals surface area contributed by atoms with E-state index in [0.717, 1.165) is 11.1 Å². The Labute approximate surface area is 176 Å². The third kappa shape index (κ3) is 5.37. The molecule has 30 heavy (non-hydrogen) atoms. The van der Waals surface area contributed by atoms with E-state index in [1.165, 1.54) is 0 Å². The Bertz CT molecular complexity index is 970. The number of rotatable bonds is 9. The molecule has 0 saturated carbocycles. The number of nitrogens with one attached hydrogen (secondary N) is 1. The Morgan fingerprint density at radius 1 is 1.07 bits per heavy atom. The van der Waals surface area contributed by atoms with E-state index < -0.39 is 6.04 Å². The summed E-state index contributed by atoms with van der Waals surface area (Å²) in [5, 5.41) is 7.15. The largest absolute Gasteiger partial charge is 0.493 e. The third-order valence-corrected chi connectivity index (χ3v) is 4.59. The molecule has 1 atom stereocenters. The summed E-state index contributed by atoms with van der Waals surface area (Å²) >= 11 is 0. The molecule has 0 spiro atoms. The number of benzene rings is 2. The zero-order valence-corrected chi connectivity index (χ0v) is 17.7. The molecule has 1 unspecified atom stereocenters. The Balaban J connectivity index is 1.87. The maximum atomic E-state index is 12.4. The van der Waals surface area contributed by atoms with Crippen LogP contribution in [0.3, 0.4) is 0 Å². The van der Waals surface area contributed by atoms with Gasteiger partial charge in [-0.05, 0) is 29.7 Å². The Morgan fingerprint density at radius 3 is 2.47 bits per heavy atom. The number of aromatic nitrogens is 2. The number of hydrogen-bond acceptors (Lipinski definition) is 6. The van der Waals surface area contributed by atoms with Crippen LogP contribution in [0, 0.1) is 5.92 Å². The first kappa shape index (κ1) is 21.4. The zero-order valence-electron chi connectivity index (χ0n) is 17.7. The topological polar surface area (TPSA) is 86.5 Å². The highest BCUT2D eigenvalue weighted by atomic mass is 16.5. The van der Waals surface area contributed by atoms with Crippen molar-refractivity contribution >= 4 is 5.91 Å². The summed E-state index contributed by atoms with van der Waals surface area (Å²) in [5.74, 6) is 2.19. The number of ether oxygens (including phenoxy) is 2. The molecule has 0 saturated heterocycles. The summed E-state index contributed by atoms with van der Waals surface area (Å²) in [5.41, 5.74) is 1.80. The molecule has 1 N–H and O–H groups in total. The van der Waals surface area contributed by atoms with Gasteiger partial charge in [0.05, 0.1) is 14.2 Å². The van der Waals surface area contributed by atoms with Gasteiger partial charge in [0.25, 0.3) is 0 Å². The van der Waals surface area contributed by atoms with E-state index in [9.17, 15) is 4.79 Å². The molecule has 0 aliphatic rings. The van der Waals surface area contributed by atoms with Gasteiger partial charge in [-0.1, -0.05) is 49.3 Å². The average molecular weight is 409 g/mol. The smallest absolute Gasteiger partial charge is 0.249 e. The van der Waals surface area contributed by atoms with Crippen LogP contribution in [0.25, 0.3) is 11.4 Å². The lowest BCUT2D eigenvalue weighted by Crippen LogP contribution is -2.31. The Hall–Kier alpha value is -3.35. The van der Waals surface area contributed by atoms with E-state index in [-0.39, 0.29) is 11.8 Å². The summed E-state index contributed by atoms with van der Waals surface area (Å²) in [6.45, 7) is 4.02. The third-order valence-electron chi connectivity index (χ3n) is 4.59. The lowest BCUT2D eigenvalue weighted by molar-refractivity contribution is -0.122. The zero-order chi connectivity index (χ0) is 21.5. The van der Waals surface area contributed by atoms with Gasteiger partial charge < -0.3 is 19.3 Å². The molecule has 7 nitrogen and oxygen atoms in total. The number of hydrogen-bond donors (Lipinski definition) is 1.